The Bertz CT molecular complexity index is 172. The van der Waals surface area contributed by atoms with Crippen molar-refractivity contribution in [2.75, 3.05) is 0 Å². The Morgan fingerprint density at radius 2 is 2.62 bits per heavy atom. The SMILES string of the molecule is C[C@@H]1C=CC2=C([CH+]1)C2. The van der Waals surface area contributed by atoms with E-state index in [0.717, 1.165) is 0 Å². The van der Waals surface area contributed by atoms with Crippen LogP contribution in [0.15, 0.2) is 23.3 Å². The van der Waals surface area contributed by atoms with Gasteiger partial charge >= 0.3 is 0 Å². The van der Waals surface area contributed by atoms with Gasteiger partial charge in [-0.3, -0.25) is 0 Å². The predicted molar refractivity (Wildman–Crippen MR) is 34.2 cm³/mol. The number of allylic oxidation sites excluding steroid dienone is 4. The van der Waals surface area contributed by atoms with Gasteiger partial charge in [0.2, 0.25) is 0 Å². The molecular formula is C8H9+. The molecule has 0 fully saturated rings. The van der Waals surface area contributed by atoms with Crippen molar-refractivity contribution in [2.24, 2.45) is 5.92 Å². The first kappa shape index (κ1) is 4.25. The van der Waals surface area contributed by atoms with Gasteiger partial charge in [-0.05, 0) is 13.0 Å². The Morgan fingerprint density at radius 3 is 3.25 bits per heavy atom. The first-order valence-corrected chi connectivity index (χ1v) is 3.11. The lowest BCUT2D eigenvalue weighted by Gasteiger charge is -1.93. The van der Waals surface area contributed by atoms with Gasteiger partial charge in [0, 0.05) is 6.08 Å². The highest BCUT2D eigenvalue weighted by molar-refractivity contribution is 5.51. The molecular weight excluding hydrogens is 96.1 g/mol. The maximum atomic E-state index is 2.34. The molecule has 0 saturated carbocycles. The van der Waals surface area contributed by atoms with E-state index in [1.54, 1.807) is 11.1 Å². The summed E-state index contributed by atoms with van der Waals surface area (Å²) in [6, 6.07) is 0. The Balaban J connectivity index is 2.21. The third-order valence-electron chi connectivity index (χ3n) is 1.73. The Hall–Kier alpha value is -0.650. The van der Waals surface area contributed by atoms with Gasteiger partial charge in [0.05, 0.1) is 17.9 Å². The number of hydrogen-bond acceptors (Lipinski definition) is 0. The lowest BCUT2D eigenvalue weighted by Crippen LogP contribution is -1.89. The minimum atomic E-state index is 0.691. The fourth-order valence-electron chi connectivity index (χ4n) is 1.13. The van der Waals surface area contributed by atoms with Crippen molar-refractivity contribution in [1.29, 1.82) is 0 Å². The Kier molecular flexibility index (Phi) is 0.633. The minimum Gasteiger partial charge on any atom is -0.0381 e. The van der Waals surface area contributed by atoms with Gasteiger partial charge in [-0.1, -0.05) is 0 Å². The molecule has 0 aromatic carbocycles. The van der Waals surface area contributed by atoms with E-state index in [4.69, 9.17) is 0 Å². The van der Waals surface area contributed by atoms with Gasteiger partial charge in [-0.2, -0.15) is 0 Å². The molecule has 0 aromatic rings. The topological polar surface area (TPSA) is 0 Å². The third-order valence-corrected chi connectivity index (χ3v) is 1.73. The van der Waals surface area contributed by atoms with Crippen LogP contribution >= 0.6 is 0 Å². The smallest absolute Gasteiger partial charge is 0.0381 e. The normalized spacial score (nSPS) is 31.9. The molecule has 2 rings (SSSR count). The molecule has 0 radical (unpaired) electrons. The lowest BCUT2D eigenvalue weighted by molar-refractivity contribution is 0.871. The molecule has 2 aliphatic rings. The average Bonchev–Trinajstić information content (AvgIpc) is 2.43. The molecule has 1 atom stereocenters. The summed E-state index contributed by atoms with van der Waals surface area (Å²) >= 11 is 0. The molecule has 0 saturated heterocycles. The van der Waals surface area contributed by atoms with Crippen LogP contribution in [0.2, 0.25) is 0 Å². The standard InChI is InChI=1S/C8H9/c1-6-2-3-7-5-8(7)4-6/h2-4,6H,5H2,1H3/q+1/t6-/m1/s1. The molecule has 8 heavy (non-hydrogen) atoms. The van der Waals surface area contributed by atoms with Gasteiger partial charge in [-0.15, -0.1) is 0 Å². The number of hydrogen-bond donors (Lipinski definition) is 0. The second kappa shape index (κ2) is 1.19. The minimum absolute atomic E-state index is 0.691. The van der Waals surface area contributed by atoms with Crippen LogP contribution in [0.4, 0.5) is 0 Å². The molecule has 0 heterocycles. The van der Waals surface area contributed by atoms with E-state index >= 15 is 0 Å². The summed E-state index contributed by atoms with van der Waals surface area (Å²) in [5.74, 6) is 0.691. The van der Waals surface area contributed by atoms with Crippen LogP contribution in [0.1, 0.15) is 13.3 Å². The average molecular weight is 105 g/mol. The highest BCUT2D eigenvalue weighted by Gasteiger charge is 2.35. The van der Waals surface area contributed by atoms with Crippen LogP contribution in [-0.4, -0.2) is 0 Å². The second-order valence-electron chi connectivity index (χ2n) is 2.61. The van der Waals surface area contributed by atoms with Crippen molar-refractivity contribution < 1.29 is 0 Å². The highest BCUT2D eigenvalue weighted by atomic mass is 14.3. The van der Waals surface area contributed by atoms with Gasteiger partial charge in [0.1, 0.15) is 12.0 Å². The molecule has 0 amide bonds. The Morgan fingerprint density at radius 1 is 1.75 bits per heavy atom. The van der Waals surface area contributed by atoms with Crippen LogP contribution in [-0.2, 0) is 0 Å². The molecule has 0 spiro atoms. The first-order chi connectivity index (χ1) is 3.86. The van der Waals surface area contributed by atoms with E-state index in [9.17, 15) is 0 Å². The van der Waals surface area contributed by atoms with Crippen molar-refractivity contribution in [1.82, 2.24) is 0 Å². The summed E-state index contributed by atoms with van der Waals surface area (Å²) in [4.78, 5) is 0. The van der Waals surface area contributed by atoms with Crippen molar-refractivity contribution in [3.8, 4) is 0 Å². The summed E-state index contributed by atoms with van der Waals surface area (Å²) in [5.41, 5.74) is 3.14. The summed E-state index contributed by atoms with van der Waals surface area (Å²) in [7, 11) is 0. The van der Waals surface area contributed by atoms with E-state index in [-0.39, 0.29) is 0 Å². The predicted octanol–water partition coefficient (Wildman–Crippen LogP) is 2.10. The largest absolute Gasteiger partial charge is 0.134 e. The zero-order valence-electron chi connectivity index (χ0n) is 5.02. The van der Waals surface area contributed by atoms with Crippen LogP contribution in [0.3, 0.4) is 0 Å². The van der Waals surface area contributed by atoms with Crippen LogP contribution < -0.4 is 0 Å². The molecule has 0 bridgehead atoms. The molecule has 0 aromatic heterocycles. The van der Waals surface area contributed by atoms with Crippen LogP contribution in [0.25, 0.3) is 0 Å². The van der Waals surface area contributed by atoms with E-state index in [1.807, 2.05) is 0 Å². The van der Waals surface area contributed by atoms with Gasteiger partial charge in [-0.25, -0.2) is 0 Å². The van der Waals surface area contributed by atoms with E-state index in [1.165, 1.54) is 6.42 Å². The summed E-state index contributed by atoms with van der Waals surface area (Å²) in [6.45, 7) is 2.22. The zero-order chi connectivity index (χ0) is 5.56. The lowest BCUT2D eigenvalue weighted by atomic mass is 10.0. The molecule has 0 nitrogen and oxygen atoms in total. The molecule has 0 heteroatoms. The summed E-state index contributed by atoms with van der Waals surface area (Å²) in [5, 5.41) is 0. The van der Waals surface area contributed by atoms with Crippen LogP contribution in [0.5, 0.6) is 0 Å². The van der Waals surface area contributed by atoms with Gasteiger partial charge in [0.25, 0.3) is 0 Å². The summed E-state index contributed by atoms with van der Waals surface area (Å²) < 4.78 is 0. The fraction of sp³-hybridized carbons (Fsp3) is 0.375. The van der Waals surface area contributed by atoms with E-state index in [0.29, 0.717) is 5.92 Å². The van der Waals surface area contributed by atoms with Crippen molar-refractivity contribution in [3.05, 3.63) is 29.7 Å². The quantitative estimate of drug-likeness (QED) is 0.414. The third kappa shape index (κ3) is 0.492. The summed E-state index contributed by atoms with van der Waals surface area (Å²) in [6.07, 6.45) is 8.11. The monoisotopic (exact) mass is 105 g/mol. The maximum Gasteiger partial charge on any atom is 0.134 e. The molecule has 2 aliphatic carbocycles. The molecule has 0 unspecified atom stereocenters. The van der Waals surface area contributed by atoms with Crippen molar-refractivity contribution in [2.45, 2.75) is 13.3 Å². The zero-order valence-corrected chi connectivity index (χ0v) is 5.02. The highest BCUT2D eigenvalue weighted by Crippen LogP contribution is 2.39. The fourth-order valence-corrected chi connectivity index (χ4v) is 1.13. The van der Waals surface area contributed by atoms with Crippen LogP contribution in [0, 0.1) is 12.3 Å². The van der Waals surface area contributed by atoms with Gasteiger partial charge < -0.3 is 0 Å². The first-order valence-electron chi connectivity index (χ1n) is 3.11. The molecule has 0 aliphatic heterocycles. The van der Waals surface area contributed by atoms with Crippen molar-refractivity contribution in [3.63, 3.8) is 0 Å². The Labute approximate surface area is 49.9 Å². The number of rotatable bonds is 0. The molecule has 0 N–H and O–H groups in total. The second-order valence-corrected chi connectivity index (χ2v) is 2.61. The van der Waals surface area contributed by atoms with Crippen molar-refractivity contribution >= 4 is 0 Å². The van der Waals surface area contributed by atoms with Gasteiger partial charge in [0.15, 0.2) is 0 Å². The van der Waals surface area contributed by atoms with E-state index < -0.39 is 0 Å². The molecule has 40 valence electrons. The maximum absolute atomic E-state index is 2.34. The van der Waals surface area contributed by atoms with E-state index in [2.05, 4.69) is 25.5 Å².